The molecule has 1 unspecified atom stereocenters. The lowest BCUT2D eigenvalue weighted by Crippen LogP contribution is -2.25. The van der Waals surface area contributed by atoms with Crippen molar-refractivity contribution in [2.45, 2.75) is 39.7 Å². The molecule has 132 valence electrons. The molecule has 0 saturated heterocycles. The van der Waals surface area contributed by atoms with Gasteiger partial charge in [0, 0.05) is 34.9 Å². The van der Waals surface area contributed by atoms with Crippen molar-refractivity contribution in [3.8, 4) is 0 Å². The minimum Gasteiger partial charge on any atom is -0.382 e. The van der Waals surface area contributed by atoms with Crippen molar-refractivity contribution in [3.63, 3.8) is 0 Å². The highest BCUT2D eigenvalue weighted by molar-refractivity contribution is 6.07. The minimum atomic E-state index is 0.431. The zero-order chi connectivity index (χ0) is 17.6. The van der Waals surface area contributed by atoms with E-state index in [4.69, 9.17) is 0 Å². The van der Waals surface area contributed by atoms with E-state index in [9.17, 15) is 0 Å². The zero-order valence-corrected chi connectivity index (χ0v) is 15.5. The summed E-state index contributed by atoms with van der Waals surface area (Å²) in [5.74, 6) is 0. The Hall–Kier alpha value is -2.20. The molecule has 1 aromatic carbocycles. The van der Waals surface area contributed by atoms with Crippen LogP contribution in [0.3, 0.4) is 0 Å². The lowest BCUT2D eigenvalue weighted by atomic mass is 10.1. The van der Waals surface area contributed by atoms with Crippen molar-refractivity contribution in [2.24, 2.45) is 0 Å². The van der Waals surface area contributed by atoms with E-state index in [1.54, 1.807) is 0 Å². The number of anilines is 1. The van der Waals surface area contributed by atoms with Crippen molar-refractivity contribution < 1.29 is 0 Å². The predicted octanol–water partition coefficient (Wildman–Crippen LogP) is 4.71. The maximum atomic E-state index is 4.58. The fourth-order valence-corrected chi connectivity index (χ4v) is 3.38. The molecule has 3 aromatic rings. The van der Waals surface area contributed by atoms with Gasteiger partial charge in [0.05, 0.1) is 11.0 Å². The van der Waals surface area contributed by atoms with E-state index in [0.717, 1.165) is 47.0 Å². The van der Waals surface area contributed by atoms with Crippen molar-refractivity contribution in [3.05, 3.63) is 42.7 Å². The number of nitrogens with one attached hydrogen (secondary N) is 1. The number of hydrogen-bond donors (Lipinski definition) is 1. The van der Waals surface area contributed by atoms with E-state index in [2.05, 4.69) is 65.2 Å². The molecular formula is C21H28N4. The standard InChI is InChI=1S/C21H28N4/c1-4-25(5-2)15-7-8-16(3)24-19-12-14-23-21-18(19)11-10-17-9-6-13-22-20(17)21/h6,9-14,16H,4-5,7-8,15H2,1-3H3,(H,23,24). The van der Waals surface area contributed by atoms with Crippen LogP contribution < -0.4 is 5.32 Å². The molecule has 0 aliphatic carbocycles. The first kappa shape index (κ1) is 17.6. The fraction of sp³-hybridized carbons (Fsp3) is 0.429. The second kappa shape index (κ2) is 8.26. The fourth-order valence-electron chi connectivity index (χ4n) is 3.38. The maximum Gasteiger partial charge on any atom is 0.0985 e. The van der Waals surface area contributed by atoms with Crippen LogP contribution >= 0.6 is 0 Å². The van der Waals surface area contributed by atoms with Gasteiger partial charge in [0.25, 0.3) is 0 Å². The molecule has 0 bridgehead atoms. The molecule has 0 saturated carbocycles. The number of pyridine rings is 2. The Balaban J connectivity index is 1.74. The smallest absolute Gasteiger partial charge is 0.0985 e. The molecule has 0 aliphatic heterocycles. The van der Waals surface area contributed by atoms with Crippen LogP contribution in [0.25, 0.3) is 21.8 Å². The van der Waals surface area contributed by atoms with Gasteiger partial charge in [-0.1, -0.05) is 26.0 Å². The molecule has 2 heterocycles. The number of benzene rings is 1. The van der Waals surface area contributed by atoms with E-state index in [1.807, 2.05) is 18.5 Å². The molecular weight excluding hydrogens is 308 g/mol. The summed E-state index contributed by atoms with van der Waals surface area (Å²) in [6, 6.07) is 10.8. The lowest BCUT2D eigenvalue weighted by Gasteiger charge is -2.21. The van der Waals surface area contributed by atoms with Crippen LogP contribution in [-0.2, 0) is 0 Å². The zero-order valence-electron chi connectivity index (χ0n) is 15.5. The van der Waals surface area contributed by atoms with E-state index in [-0.39, 0.29) is 0 Å². The number of hydrogen-bond acceptors (Lipinski definition) is 4. The molecule has 4 heteroatoms. The average molecular weight is 336 g/mol. The third-order valence-electron chi connectivity index (χ3n) is 4.89. The van der Waals surface area contributed by atoms with E-state index in [0.29, 0.717) is 6.04 Å². The van der Waals surface area contributed by atoms with E-state index in [1.165, 1.54) is 13.0 Å². The molecule has 2 aromatic heterocycles. The van der Waals surface area contributed by atoms with E-state index < -0.39 is 0 Å². The van der Waals surface area contributed by atoms with Gasteiger partial charge in [0.15, 0.2) is 0 Å². The van der Waals surface area contributed by atoms with Gasteiger partial charge < -0.3 is 10.2 Å². The van der Waals surface area contributed by atoms with Crippen molar-refractivity contribution in [2.75, 3.05) is 25.0 Å². The maximum absolute atomic E-state index is 4.58. The average Bonchev–Trinajstić information content (AvgIpc) is 2.65. The number of nitrogens with zero attached hydrogens (tertiary/aromatic N) is 3. The number of rotatable bonds is 8. The normalized spacial score (nSPS) is 12.8. The molecule has 0 fully saturated rings. The molecule has 1 atom stereocenters. The van der Waals surface area contributed by atoms with Crippen molar-refractivity contribution >= 4 is 27.5 Å². The van der Waals surface area contributed by atoms with Crippen molar-refractivity contribution in [1.82, 2.24) is 14.9 Å². The van der Waals surface area contributed by atoms with Gasteiger partial charge in [0.1, 0.15) is 0 Å². The molecule has 0 aliphatic rings. The third kappa shape index (κ3) is 4.07. The molecule has 3 rings (SSSR count). The van der Waals surface area contributed by atoms with Crippen LogP contribution in [0.5, 0.6) is 0 Å². The monoisotopic (exact) mass is 336 g/mol. The minimum absolute atomic E-state index is 0.431. The second-order valence-electron chi connectivity index (χ2n) is 6.61. The van der Waals surface area contributed by atoms with Crippen LogP contribution in [0, 0.1) is 0 Å². The Kier molecular flexibility index (Phi) is 5.82. The van der Waals surface area contributed by atoms with Crippen LogP contribution in [0.2, 0.25) is 0 Å². The molecule has 1 N–H and O–H groups in total. The molecule has 0 amide bonds. The lowest BCUT2D eigenvalue weighted by molar-refractivity contribution is 0.295. The van der Waals surface area contributed by atoms with Crippen LogP contribution in [0.1, 0.15) is 33.6 Å². The van der Waals surface area contributed by atoms with Crippen LogP contribution in [0.15, 0.2) is 42.7 Å². The van der Waals surface area contributed by atoms with Gasteiger partial charge in [-0.25, -0.2) is 0 Å². The van der Waals surface area contributed by atoms with Crippen molar-refractivity contribution in [1.29, 1.82) is 0 Å². The first-order valence-corrected chi connectivity index (χ1v) is 9.34. The largest absolute Gasteiger partial charge is 0.382 e. The summed E-state index contributed by atoms with van der Waals surface area (Å²) in [4.78, 5) is 11.6. The highest BCUT2D eigenvalue weighted by Gasteiger charge is 2.09. The molecule has 0 radical (unpaired) electrons. The number of aromatic nitrogens is 2. The van der Waals surface area contributed by atoms with Gasteiger partial charge >= 0.3 is 0 Å². The second-order valence-corrected chi connectivity index (χ2v) is 6.61. The Morgan fingerprint density at radius 1 is 1.00 bits per heavy atom. The SMILES string of the molecule is CCN(CC)CCCC(C)Nc1ccnc2c1ccc1cccnc12. The Labute approximate surface area is 150 Å². The quantitative estimate of drug-likeness (QED) is 0.605. The predicted molar refractivity (Wildman–Crippen MR) is 107 cm³/mol. The molecule has 25 heavy (non-hydrogen) atoms. The summed E-state index contributed by atoms with van der Waals surface area (Å²) in [6.45, 7) is 10.2. The summed E-state index contributed by atoms with van der Waals surface area (Å²) >= 11 is 0. The highest BCUT2D eigenvalue weighted by atomic mass is 15.1. The van der Waals surface area contributed by atoms with Gasteiger partial charge in [-0.15, -0.1) is 0 Å². The summed E-state index contributed by atoms with van der Waals surface area (Å²) in [7, 11) is 0. The Bertz CT molecular complexity index is 826. The van der Waals surface area contributed by atoms with Crippen LogP contribution in [0.4, 0.5) is 5.69 Å². The van der Waals surface area contributed by atoms with E-state index >= 15 is 0 Å². The summed E-state index contributed by atoms with van der Waals surface area (Å²) in [5, 5.41) is 5.95. The summed E-state index contributed by atoms with van der Waals surface area (Å²) in [6.07, 6.45) is 6.08. The van der Waals surface area contributed by atoms with Gasteiger partial charge in [-0.3, -0.25) is 9.97 Å². The van der Waals surface area contributed by atoms with Gasteiger partial charge in [0.2, 0.25) is 0 Å². The third-order valence-corrected chi connectivity index (χ3v) is 4.89. The summed E-state index contributed by atoms with van der Waals surface area (Å²) in [5.41, 5.74) is 3.09. The Morgan fingerprint density at radius 2 is 1.80 bits per heavy atom. The Morgan fingerprint density at radius 3 is 2.60 bits per heavy atom. The number of fused-ring (bicyclic) bond motifs is 3. The van der Waals surface area contributed by atoms with Gasteiger partial charge in [-0.05, 0) is 57.6 Å². The topological polar surface area (TPSA) is 41.0 Å². The molecule has 0 spiro atoms. The summed E-state index contributed by atoms with van der Waals surface area (Å²) < 4.78 is 0. The molecule has 4 nitrogen and oxygen atoms in total. The van der Waals surface area contributed by atoms with Crippen LogP contribution in [-0.4, -0.2) is 40.5 Å². The highest BCUT2D eigenvalue weighted by Crippen LogP contribution is 2.27. The first-order valence-electron chi connectivity index (χ1n) is 9.34. The van der Waals surface area contributed by atoms with Gasteiger partial charge in [-0.2, -0.15) is 0 Å². The first-order chi connectivity index (χ1) is 12.2.